The first kappa shape index (κ1) is 29.7. The fourth-order valence-electron chi connectivity index (χ4n) is 3.92. The van der Waals surface area contributed by atoms with Gasteiger partial charge in [-0.3, -0.25) is 19.7 Å². The first-order valence-electron chi connectivity index (χ1n) is 12.8. The Kier molecular flexibility index (Phi) is 9.06. The van der Waals surface area contributed by atoms with E-state index in [9.17, 15) is 24.5 Å². The van der Waals surface area contributed by atoms with Crippen LogP contribution in [0.3, 0.4) is 0 Å². The highest BCUT2D eigenvalue weighted by Crippen LogP contribution is 2.33. The molecule has 2 N–H and O–H groups in total. The SMILES string of the molecule is O=C(N/N=C/c1cc(Br)ccc1OC(=O)c1ccc([N+](=O)[O-])cc1)/C(=C\c1ccc2c(c1)OCO2)NC(=O)c1ccccc1. The smallest absolute Gasteiger partial charge is 0.343 e. The molecule has 4 aromatic rings. The molecule has 4 aromatic carbocycles. The summed E-state index contributed by atoms with van der Waals surface area (Å²) in [6.45, 7) is 0.0794. The lowest BCUT2D eigenvalue weighted by molar-refractivity contribution is -0.384. The third-order valence-corrected chi connectivity index (χ3v) is 6.59. The topological polar surface area (TPSA) is 158 Å². The minimum Gasteiger partial charge on any atom is -0.454 e. The van der Waals surface area contributed by atoms with Crippen molar-refractivity contribution in [2.45, 2.75) is 0 Å². The summed E-state index contributed by atoms with van der Waals surface area (Å²) in [7, 11) is 0. The normalized spacial score (nSPS) is 12.1. The van der Waals surface area contributed by atoms with Crippen LogP contribution in [-0.2, 0) is 4.79 Å². The molecule has 12 nitrogen and oxygen atoms in total. The molecule has 220 valence electrons. The van der Waals surface area contributed by atoms with Gasteiger partial charge in [-0.05, 0) is 66.2 Å². The van der Waals surface area contributed by atoms with Crippen molar-refractivity contribution < 1.29 is 33.5 Å². The van der Waals surface area contributed by atoms with E-state index in [1.54, 1.807) is 60.7 Å². The number of halogens is 1. The Morgan fingerprint density at radius 2 is 1.66 bits per heavy atom. The van der Waals surface area contributed by atoms with Crippen molar-refractivity contribution in [2.75, 3.05) is 6.79 Å². The Labute approximate surface area is 258 Å². The number of nitro benzene ring substituents is 1. The van der Waals surface area contributed by atoms with Crippen LogP contribution in [0.25, 0.3) is 6.08 Å². The Morgan fingerprint density at radius 1 is 0.909 bits per heavy atom. The number of nitrogens with one attached hydrogen (secondary N) is 2. The summed E-state index contributed by atoms with van der Waals surface area (Å²) < 4.78 is 16.9. The Bertz CT molecular complexity index is 1810. The molecule has 0 fully saturated rings. The van der Waals surface area contributed by atoms with Crippen molar-refractivity contribution in [3.05, 3.63) is 134 Å². The molecular weight excluding hydrogens is 636 g/mol. The first-order valence-corrected chi connectivity index (χ1v) is 13.6. The number of hydrogen-bond donors (Lipinski definition) is 2. The van der Waals surface area contributed by atoms with E-state index in [0.29, 0.717) is 32.7 Å². The number of esters is 1. The Balaban J connectivity index is 1.34. The van der Waals surface area contributed by atoms with Gasteiger partial charge < -0.3 is 19.5 Å². The molecule has 5 rings (SSSR count). The second kappa shape index (κ2) is 13.4. The lowest BCUT2D eigenvalue weighted by Crippen LogP contribution is -2.32. The molecule has 2 amide bonds. The predicted molar refractivity (Wildman–Crippen MR) is 162 cm³/mol. The summed E-state index contributed by atoms with van der Waals surface area (Å²) in [5.41, 5.74) is 3.44. The number of nitrogens with zero attached hydrogens (tertiary/aromatic N) is 2. The van der Waals surface area contributed by atoms with E-state index in [-0.39, 0.29) is 29.5 Å². The van der Waals surface area contributed by atoms with Crippen LogP contribution < -0.4 is 25.0 Å². The van der Waals surface area contributed by atoms with Gasteiger partial charge in [0.2, 0.25) is 6.79 Å². The lowest BCUT2D eigenvalue weighted by atomic mass is 10.1. The van der Waals surface area contributed by atoms with Gasteiger partial charge in [-0.2, -0.15) is 5.10 Å². The number of fused-ring (bicyclic) bond motifs is 1. The van der Waals surface area contributed by atoms with Crippen LogP contribution in [0.15, 0.2) is 106 Å². The van der Waals surface area contributed by atoms with E-state index in [2.05, 4.69) is 31.8 Å². The fourth-order valence-corrected chi connectivity index (χ4v) is 4.30. The van der Waals surface area contributed by atoms with Crippen LogP contribution >= 0.6 is 15.9 Å². The van der Waals surface area contributed by atoms with E-state index in [1.807, 2.05) is 0 Å². The molecule has 0 saturated heterocycles. The quantitative estimate of drug-likeness (QED) is 0.0619. The zero-order valence-electron chi connectivity index (χ0n) is 22.6. The number of carbonyl (C=O) groups is 3. The summed E-state index contributed by atoms with van der Waals surface area (Å²) in [6.07, 6.45) is 2.72. The van der Waals surface area contributed by atoms with Gasteiger partial charge in [-0.15, -0.1) is 0 Å². The number of ether oxygens (including phenoxy) is 3. The number of nitro groups is 1. The third-order valence-electron chi connectivity index (χ3n) is 6.09. The average Bonchev–Trinajstić information content (AvgIpc) is 3.50. The molecule has 0 radical (unpaired) electrons. The van der Waals surface area contributed by atoms with E-state index < -0.39 is 22.7 Å². The minimum atomic E-state index is -0.751. The molecule has 0 saturated carbocycles. The van der Waals surface area contributed by atoms with Gasteiger partial charge in [0.05, 0.1) is 16.7 Å². The second-order valence-corrected chi connectivity index (χ2v) is 9.98. The van der Waals surface area contributed by atoms with E-state index in [0.717, 1.165) is 0 Å². The monoisotopic (exact) mass is 656 g/mol. The molecule has 13 heteroatoms. The van der Waals surface area contributed by atoms with Crippen molar-refractivity contribution in [3.8, 4) is 17.2 Å². The highest BCUT2D eigenvalue weighted by Gasteiger charge is 2.18. The maximum Gasteiger partial charge on any atom is 0.343 e. The molecule has 0 bridgehead atoms. The molecule has 44 heavy (non-hydrogen) atoms. The standard InChI is InChI=1S/C31H21BrN4O8/c32-23-9-13-26(44-31(39)21-7-10-24(11-8-21)36(40)41)22(16-23)17-33-35-30(38)25(34-29(37)20-4-2-1-3-5-20)14-19-6-12-27-28(15-19)43-18-42-27/h1-17H,18H2,(H,34,37)(H,35,38)/b25-14+,33-17+. The Hall–Kier alpha value is -5.82. The van der Waals surface area contributed by atoms with Gasteiger partial charge in [0.15, 0.2) is 11.5 Å². The van der Waals surface area contributed by atoms with Gasteiger partial charge in [0.25, 0.3) is 17.5 Å². The predicted octanol–water partition coefficient (Wildman–Crippen LogP) is 5.23. The van der Waals surface area contributed by atoms with Crippen LogP contribution in [0.1, 0.15) is 31.8 Å². The minimum absolute atomic E-state index is 0.0794. The van der Waals surface area contributed by atoms with Gasteiger partial charge in [0.1, 0.15) is 11.4 Å². The van der Waals surface area contributed by atoms with E-state index >= 15 is 0 Å². The zero-order valence-corrected chi connectivity index (χ0v) is 24.1. The van der Waals surface area contributed by atoms with Gasteiger partial charge >= 0.3 is 5.97 Å². The van der Waals surface area contributed by atoms with Crippen molar-refractivity contribution in [1.82, 2.24) is 10.7 Å². The number of hydrazone groups is 1. The van der Waals surface area contributed by atoms with Crippen LogP contribution in [0.2, 0.25) is 0 Å². The largest absolute Gasteiger partial charge is 0.454 e. The van der Waals surface area contributed by atoms with Gasteiger partial charge in [-0.25, -0.2) is 10.2 Å². The highest BCUT2D eigenvalue weighted by atomic mass is 79.9. The van der Waals surface area contributed by atoms with Gasteiger partial charge in [-0.1, -0.05) is 40.2 Å². The molecule has 1 aliphatic heterocycles. The van der Waals surface area contributed by atoms with Crippen LogP contribution in [0.4, 0.5) is 5.69 Å². The van der Waals surface area contributed by atoms with Crippen LogP contribution in [-0.4, -0.2) is 35.7 Å². The van der Waals surface area contributed by atoms with Crippen molar-refractivity contribution in [3.63, 3.8) is 0 Å². The van der Waals surface area contributed by atoms with Crippen molar-refractivity contribution in [1.29, 1.82) is 0 Å². The average molecular weight is 657 g/mol. The molecule has 0 spiro atoms. The highest BCUT2D eigenvalue weighted by molar-refractivity contribution is 9.10. The van der Waals surface area contributed by atoms with Gasteiger partial charge in [0, 0.05) is 27.7 Å². The number of carbonyl (C=O) groups excluding carboxylic acids is 3. The molecule has 0 unspecified atom stereocenters. The van der Waals surface area contributed by atoms with E-state index in [4.69, 9.17) is 14.2 Å². The number of rotatable bonds is 9. The zero-order chi connectivity index (χ0) is 31.1. The number of benzene rings is 4. The molecule has 0 aromatic heterocycles. The van der Waals surface area contributed by atoms with Crippen molar-refractivity contribution in [2.24, 2.45) is 5.10 Å². The maximum absolute atomic E-state index is 13.2. The molecule has 0 atom stereocenters. The summed E-state index contributed by atoms with van der Waals surface area (Å²) >= 11 is 3.35. The summed E-state index contributed by atoms with van der Waals surface area (Å²) in [5, 5.41) is 17.5. The third kappa shape index (κ3) is 7.33. The number of hydrogen-bond acceptors (Lipinski definition) is 9. The fraction of sp³-hybridized carbons (Fsp3) is 0.0323. The second-order valence-electron chi connectivity index (χ2n) is 9.07. The van der Waals surface area contributed by atoms with E-state index in [1.165, 1.54) is 42.6 Å². The number of amides is 2. The van der Waals surface area contributed by atoms with Crippen LogP contribution in [0, 0.1) is 10.1 Å². The van der Waals surface area contributed by atoms with Crippen LogP contribution in [0.5, 0.6) is 17.2 Å². The summed E-state index contributed by atoms with van der Waals surface area (Å²) in [4.78, 5) is 49.1. The summed E-state index contributed by atoms with van der Waals surface area (Å²) in [6, 6.07) is 23.2. The molecule has 1 heterocycles. The molecular formula is C31H21BrN4O8. The maximum atomic E-state index is 13.2. The summed E-state index contributed by atoms with van der Waals surface area (Å²) in [5.74, 6) is -0.824. The molecule has 0 aliphatic carbocycles. The first-order chi connectivity index (χ1) is 21.3. The lowest BCUT2D eigenvalue weighted by Gasteiger charge is -2.10. The Morgan fingerprint density at radius 3 is 2.41 bits per heavy atom. The molecule has 1 aliphatic rings. The number of non-ortho nitro benzene ring substituents is 1. The van der Waals surface area contributed by atoms with Crippen molar-refractivity contribution >= 4 is 51.7 Å².